The van der Waals surface area contributed by atoms with Crippen molar-refractivity contribution in [1.29, 1.82) is 5.26 Å². The molecule has 130 valence electrons. The summed E-state index contributed by atoms with van der Waals surface area (Å²) in [5.41, 5.74) is 0.415. The lowest BCUT2D eigenvalue weighted by Gasteiger charge is -2.52. The van der Waals surface area contributed by atoms with Crippen LogP contribution in [0, 0.1) is 17.2 Å². The van der Waals surface area contributed by atoms with Crippen molar-refractivity contribution in [2.45, 2.75) is 43.7 Å². The van der Waals surface area contributed by atoms with Gasteiger partial charge in [-0.3, -0.25) is 4.90 Å². The first kappa shape index (κ1) is 17.1. The monoisotopic (exact) mass is 330 g/mol. The SMILES string of the molecule is COc1ccc([C@H]2[C@H]3CCCC[C@]3(O)CCN2CC#N)c(OC)c1. The number of nitrogens with zero attached hydrogens (tertiary/aromatic N) is 2. The lowest BCUT2D eigenvalue weighted by atomic mass is 9.66. The van der Waals surface area contributed by atoms with Crippen LogP contribution in [-0.4, -0.2) is 42.9 Å². The van der Waals surface area contributed by atoms with Crippen LogP contribution in [-0.2, 0) is 0 Å². The first-order valence-electron chi connectivity index (χ1n) is 8.68. The number of methoxy groups -OCH3 is 2. The van der Waals surface area contributed by atoms with E-state index in [1.165, 1.54) is 0 Å². The second-order valence-corrected chi connectivity index (χ2v) is 6.89. The largest absolute Gasteiger partial charge is 0.497 e. The number of aliphatic hydroxyl groups is 1. The van der Waals surface area contributed by atoms with E-state index in [-0.39, 0.29) is 12.0 Å². The number of ether oxygens (including phenoxy) is 2. The average molecular weight is 330 g/mol. The normalized spacial score (nSPS) is 30.2. The third kappa shape index (κ3) is 2.97. The quantitative estimate of drug-likeness (QED) is 0.860. The molecule has 5 heteroatoms. The van der Waals surface area contributed by atoms with Crippen molar-refractivity contribution in [1.82, 2.24) is 4.90 Å². The van der Waals surface area contributed by atoms with E-state index in [0.29, 0.717) is 6.54 Å². The smallest absolute Gasteiger partial charge is 0.127 e. The van der Waals surface area contributed by atoms with Gasteiger partial charge in [-0.15, -0.1) is 0 Å². The molecule has 1 heterocycles. The molecular weight excluding hydrogens is 304 g/mol. The fourth-order valence-electron chi connectivity index (χ4n) is 4.49. The van der Waals surface area contributed by atoms with Gasteiger partial charge >= 0.3 is 0 Å². The number of piperidine rings is 1. The van der Waals surface area contributed by atoms with Crippen LogP contribution in [0.3, 0.4) is 0 Å². The summed E-state index contributed by atoms with van der Waals surface area (Å²) >= 11 is 0. The molecule has 5 nitrogen and oxygen atoms in total. The number of fused-ring (bicyclic) bond motifs is 1. The van der Waals surface area contributed by atoms with Gasteiger partial charge in [0, 0.05) is 30.1 Å². The molecule has 1 aliphatic heterocycles. The van der Waals surface area contributed by atoms with E-state index in [2.05, 4.69) is 11.0 Å². The van der Waals surface area contributed by atoms with E-state index >= 15 is 0 Å². The molecule has 1 N–H and O–H groups in total. The van der Waals surface area contributed by atoms with Crippen LogP contribution < -0.4 is 9.47 Å². The van der Waals surface area contributed by atoms with Gasteiger partial charge in [-0.1, -0.05) is 18.9 Å². The molecule has 2 fully saturated rings. The Kier molecular flexibility index (Phi) is 4.98. The van der Waals surface area contributed by atoms with Gasteiger partial charge in [0.05, 0.1) is 32.4 Å². The van der Waals surface area contributed by atoms with Gasteiger partial charge in [-0.2, -0.15) is 5.26 Å². The molecule has 0 spiro atoms. The van der Waals surface area contributed by atoms with Crippen molar-refractivity contribution in [3.8, 4) is 17.6 Å². The van der Waals surface area contributed by atoms with Crippen molar-refractivity contribution in [2.24, 2.45) is 5.92 Å². The molecule has 3 atom stereocenters. The number of likely N-dealkylation sites (tertiary alicyclic amines) is 1. The summed E-state index contributed by atoms with van der Waals surface area (Å²) < 4.78 is 10.9. The summed E-state index contributed by atoms with van der Waals surface area (Å²) in [4.78, 5) is 2.19. The Labute approximate surface area is 143 Å². The van der Waals surface area contributed by atoms with Gasteiger partial charge in [-0.05, 0) is 25.3 Å². The van der Waals surface area contributed by atoms with E-state index in [0.717, 1.165) is 55.7 Å². The Hall–Kier alpha value is -1.77. The predicted octanol–water partition coefficient (Wildman–Crippen LogP) is 2.90. The molecule has 1 saturated heterocycles. The fourth-order valence-corrected chi connectivity index (χ4v) is 4.49. The van der Waals surface area contributed by atoms with Crippen LogP contribution >= 0.6 is 0 Å². The Balaban J connectivity index is 2.04. The van der Waals surface area contributed by atoms with Crippen LogP contribution in [0.1, 0.15) is 43.7 Å². The van der Waals surface area contributed by atoms with Crippen LogP contribution in [0.5, 0.6) is 11.5 Å². The molecule has 1 aromatic carbocycles. The molecule has 0 amide bonds. The van der Waals surface area contributed by atoms with Crippen molar-refractivity contribution in [2.75, 3.05) is 27.3 Å². The molecular formula is C19H26N2O3. The van der Waals surface area contributed by atoms with Gasteiger partial charge in [0.2, 0.25) is 0 Å². The van der Waals surface area contributed by atoms with Crippen LogP contribution in [0.25, 0.3) is 0 Å². The highest BCUT2D eigenvalue weighted by Gasteiger charge is 2.49. The molecule has 3 rings (SSSR count). The maximum absolute atomic E-state index is 11.2. The third-order valence-corrected chi connectivity index (χ3v) is 5.70. The molecule has 0 bridgehead atoms. The minimum Gasteiger partial charge on any atom is -0.497 e. The molecule has 0 unspecified atom stereocenters. The van der Waals surface area contributed by atoms with E-state index in [1.807, 2.05) is 18.2 Å². The van der Waals surface area contributed by atoms with Gasteiger partial charge in [0.25, 0.3) is 0 Å². The van der Waals surface area contributed by atoms with E-state index in [4.69, 9.17) is 9.47 Å². The number of rotatable bonds is 4. The zero-order valence-electron chi connectivity index (χ0n) is 14.5. The van der Waals surface area contributed by atoms with E-state index < -0.39 is 5.60 Å². The van der Waals surface area contributed by atoms with Crippen molar-refractivity contribution < 1.29 is 14.6 Å². The summed E-state index contributed by atoms with van der Waals surface area (Å²) in [6.45, 7) is 1.10. The van der Waals surface area contributed by atoms with Crippen LogP contribution in [0.15, 0.2) is 18.2 Å². The highest BCUT2D eigenvalue weighted by atomic mass is 16.5. The van der Waals surface area contributed by atoms with Gasteiger partial charge in [0.15, 0.2) is 0 Å². The number of hydrogen-bond donors (Lipinski definition) is 1. The minimum absolute atomic E-state index is 0.00422. The summed E-state index contributed by atoms with van der Waals surface area (Å²) in [5, 5.41) is 20.4. The van der Waals surface area contributed by atoms with Crippen LogP contribution in [0.2, 0.25) is 0 Å². The summed E-state index contributed by atoms with van der Waals surface area (Å²) in [6, 6.07) is 8.12. The Morgan fingerprint density at radius 3 is 2.83 bits per heavy atom. The maximum atomic E-state index is 11.2. The Bertz CT molecular complexity index is 628. The lowest BCUT2D eigenvalue weighted by Crippen LogP contribution is -2.54. The number of benzene rings is 1. The first-order valence-corrected chi connectivity index (χ1v) is 8.68. The summed E-state index contributed by atoms with van der Waals surface area (Å²) in [6.07, 6.45) is 4.79. The van der Waals surface area contributed by atoms with Gasteiger partial charge in [0.1, 0.15) is 11.5 Å². The minimum atomic E-state index is -0.625. The molecule has 1 aromatic rings. The topological polar surface area (TPSA) is 65.7 Å². The van der Waals surface area contributed by atoms with Crippen molar-refractivity contribution in [3.63, 3.8) is 0 Å². The van der Waals surface area contributed by atoms with Gasteiger partial charge in [-0.25, -0.2) is 0 Å². The van der Waals surface area contributed by atoms with Gasteiger partial charge < -0.3 is 14.6 Å². The van der Waals surface area contributed by atoms with E-state index in [9.17, 15) is 10.4 Å². The standard InChI is InChI=1S/C19H26N2O3/c1-23-14-6-7-15(17(13-14)24-2)18-16-5-3-4-8-19(16,22)9-11-21(18)12-10-20/h6-7,13,16,18,22H,3-5,8-9,11-12H2,1-2H3/t16-,18+,19+/m1/s1. The second kappa shape index (κ2) is 7.00. The molecule has 0 aromatic heterocycles. The molecule has 2 aliphatic rings. The number of hydrogen-bond acceptors (Lipinski definition) is 5. The van der Waals surface area contributed by atoms with Crippen molar-refractivity contribution >= 4 is 0 Å². The first-order chi connectivity index (χ1) is 11.6. The number of nitriles is 1. The Morgan fingerprint density at radius 1 is 1.29 bits per heavy atom. The molecule has 1 aliphatic carbocycles. The molecule has 0 radical (unpaired) electrons. The maximum Gasteiger partial charge on any atom is 0.127 e. The highest BCUT2D eigenvalue weighted by molar-refractivity contribution is 5.43. The molecule has 1 saturated carbocycles. The summed E-state index contributed by atoms with van der Waals surface area (Å²) in [5.74, 6) is 1.64. The third-order valence-electron chi connectivity index (χ3n) is 5.70. The predicted molar refractivity (Wildman–Crippen MR) is 91.0 cm³/mol. The lowest BCUT2D eigenvalue weighted by molar-refractivity contribution is -0.122. The zero-order valence-corrected chi connectivity index (χ0v) is 14.5. The Morgan fingerprint density at radius 2 is 2.12 bits per heavy atom. The highest BCUT2D eigenvalue weighted by Crippen LogP contribution is 2.51. The summed E-state index contributed by atoms with van der Waals surface area (Å²) in [7, 11) is 3.29. The van der Waals surface area contributed by atoms with E-state index in [1.54, 1.807) is 14.2 Å². The average Bonchev–Trinajstić information content (AvgIpc) is 2.61. The van der Waals surface area contributed by atoms with Crippen LogP contribution in [0.4, 0.5) is 0 Å². The fraction of sp³-hybridized carbons (Fsp3) is 0.632. The van der Waals surface area contributed by atoms with Crippen molar-refractivity contribution in [3.05, 3.63) is 23.8 Å². The zero-order chi connectivity index (χ0) is 17.2. The molecule has 24 heavy (non-hydrogen) atoms. The second-order valence-electron chi connectivity index (χ2n) is 6.89.